The van der Waals surface area contributed by atoms with Crippen LogP contribution in [0, 0.1) is 0 Å². The minimum atomic E-state index is -2.93. The minimum absolute atomic E-state index is 0.156. The van der Waals surface area contributed by atoms with E-state index in [1.807, 2.05) is 30.3 Å². The number of rotatable bonds is 8. The third-order valence-electron chi connectivity index (χ3n) is 2.95. The van der Waals surface area contributed by atoms with Crippen molar-refractivity contribution < 1.29 is 28.0 Å². The van der Waals surface area contributed by atoms with Crippen molar-refractivity contribution in [2.24, 2.45) is 0 Å². The summed E-state index contributed by atoms with van der Waals surface area (Å²) >= 11 is 0. The van der Waals surface area contributed by atoms with E-state index in [0.717, 1.165) is 5.56 Å². The molecule has 0 unspecified atom stereocenters. The smallest absolute Gasteiger partial charge is 0.461 e. The average molecular weight is 350 g/mol. The first-order chi connectivity index (χ1) is 11.3. The summed E-state index contributed by atoms with van der Waals surface area (Å²) in [6, 6.07) is 9.75. The topological polar surface area (TPSA) is 78.9 Å². The molecule has 6 nitrogen and oxygen atoms in total. The summed E-state index contributed by atoms with van der Waals surface area (Å²) in [5.41, 5.74) is 0.902. The zero-order valence-electron chi connectivity index (χ0n) is 14.1. The summed E-state index contributed by atoms with van der Waals surface area (Å²) < 4.78 is 15.4. The van der Waals surface area contributed by atoms with Gasteiger partial charge in [-0.25, -0.2) is 4.79 Å². The second-order valence-electron chi connectivity index (χ2n) is 5.34. The van der Waals surface area contributed by atoms with Gasteiger partial charge in [-0.1, -0.05) is 30.3 Å². The second kappa shape index (κ2) is 9.66. The summed E-state index contributed by atoms with van der Waals surface area (Å²) in [5.74, 6) is -1.44. The number of benzene rings is 1. The lowest BCUT2D eigenvalue weighted by molar-refractivity contribution is -0.140. The Morgan fingerprint density at radius 1 is 1.04 bits per heavy atom. The molecule has 0 N–H and O–H groups in total. The molecule has 0 amide bonds. The maximum Gasteiger partial charge on any atom is 0.461 e. The molecule has 1 rings (SSSR count). The molecule has 0 aliphatic rings. The average Bonchev–Trinajstić information content (AvgIpc) is 2.49. The third kappa shape index (κ3) is 8.28. The van der Waals surface area contributed by atoms with E-state index in [0.29, 0.717) is 12.5 Å². The largest absolute Gasteiger partial charge is 0.485 e. The molecule has 1 aromatic carbocycles. The first-order valence-electron chi connectivity index (χ1n) is 7.60. The second-order valence-corrected chi connectivity index (χ2v) is 8.51. The van der Waals surface area contributed by atoms with E-state index in [4.69, 9.17) is 13.6 Å². The van der Waals surface area contributed by atoms with Gasteiger partial charge in [-0.3, -0.25) is 9.59 Å². The molecule has 0 atom stereocenters. The molecule has 1 aromatic rings. The highest BCUT2D eigenvalue weighted by molar-refractivity contribution is 6.69. The van der Waals surface area contributed by atoms with Gasteiger partial charge in [0.2, 0.25) is 0 Å². The molecule has 0 heterocycles. The highest BCUT2D eigenvalue weighted by Crippen LogP contribution is 2.16. The van der Waals surface area contributed by atoms with E-state index < -0.39 is 26.5 Å². The van der Waals surface area contributed by atoms with E-state index in [-0.39, 0.29) is 6.61 Å². The van der Waals surface area contributed by atoms with E-state index in [1.165, 1.54) is 19.9 Å². The monoisotopic (exact) mass is 350 g/mol. The van der Waals surface area contributed by atoms with Crippen molar-refractivity contribution in [1.29, 1.82) is 0 Å². The van der Waals surface area contributed by atoms with Gasteiger partial charge < -0.3 is 13.6 Å². The van der Waals surface area contributed by atoms with Gasteiger partial charge in [0.05, 0.1) is 6.61 Å². The number of hydrogen-bond acceptors (Lipinski definition) is 6. The molecule has 0 spiro atoms. The number of carbonyl (C=O) groups excluding carboxylic acids is 3. The van der Waals surface area contributed by atoms with Crippen LogP contribution in [0.15, 0.2) is 36.4 Å². The number of carbonyl (C=O) groups is 3. The van der Waals surface area contributed by atoms with Crippen LogP contribution in [0.5, 0.6) is 0 Å². The lowest BCUT2D eigenvalue weighted by Crippen LogP contribution is -2.41. The van der Waals surface area contributed by atoms with E-state index in [2.05, 4.69) is 0 Å². The normalized spacial score (nSPS) is 11.1. The molecular formula is C17H22O6Si. The lowest BCUT2D eigenvalue weighted by atomic mass is 10.2. The molecule has 0 radical (unpaired) electrons. The first-order valence-corrected chi connectivity index (χ1v) is 10.1. The zero-order chi connectivity index (χ0) is 18.0. The van der Waals surface area contributed by atoms with Gasteiger partial charge in [0, 0.05) is 32.5 Å². The quantitative estimate of drug-likeness (QED) is 0.310. The van der Waals surface area contributed by atoms with Crippen LogP contribution in [0.25, 0.3) is 6.08 Å². The van der Waals surface area contributed by atoms with Crippen LogP contribution in [0.2, 0.25) is 12.6 Å². The minimum Gasteiger partial charge on any atom is -0.485 e. The predicted octanol–water partition coefficient (Wildman–Crippen LogP) is 2.83. The van der Waals surface area contributed by atoms with Gasteiger partial charge in [0.1, 0.15) is 0 Å². The van der Waals surface area contributed by atoms with Crippen molar-refractivity contribution in [2.75, 3.05) is 6.61 Å². The molecule has 0 aliphatic carbocycles. The highest BCUT2D eigenvalue weighted by Gasteiger charge is 2.37. The van der Waals surface area contributed by atoms with Gasteiger partial charge in [-0.05, 0) is 18.1 Å². The zero-order valence-corrected chi connectivity index (χ0v) is 15.1. The summed E-state index contributed by atoms with van der Waals surface area (Å²) in [5, 5.41) is 0. The van der Waals surface area contributed by atoms with Crippen LogP contribution in [0.3, 0.4) is 0 Å². The Morgan fingerprint density at radius 2 is 1.62 bits per heavy atom. The van der Waals surface area contributed by atoms with E-state index in [9.17, 15) is 14.4 Å². The Bertz CT molecular complexity index is 580. The fourth-order valence-corrected chi connectivity index (χ4v) is 4.32. The molecule has 0 bridgehead atoms. The lowest BCUT2D eigenvalue weighted by Gasteiger charge is -2.24. The van der Waals surface area contributed by atoms with Crippen LogP contribution in [-0.2, 0) is 28.0 Å². The van der Waals surface area contributed by atoms with Crippen molar-refractivity contribution in [2.45, 2.75) is 32.9 Å². The molecule has 0 aromatic heterocycles. The molecule has 0 saturated carbocycles. The molecule has 24 heavy (non-hydrogen) atoms. The summed E-state index contributed by atoms with van der Waals surface area (Å²) in [4.78, 5) is 33.9. The molecular weight excluding hydrogens is 328 g/mol. The van der Waals surface area contributed by atoms with Crippen LogP contribution in [-0.4, -0.2) is 33.1 Å². The fraction of sp³-hybridized carbons (Fsp3) is 0.353. The van der Waals surface area contributed by atoms with Crippen molar-refractivity contribution in [1.82, 2.24) is 0 Å². The standard InChI is InChI=1S/C17H22O6Si/c1-14(18)22-24(3,23-15(2)19)13-7-12-21-17(20)11-10-16-8-5-4-6-9-16/h4-6,8-11H,7,12-13H2,1-3H3. The number of hydrogen-bond donors (Lipinski definition) is 0. The summed E-state index contributed by atoms with van der Waals surface area (Å²) in [7, 11) is -2.93. The van der Waals surface area contributed by atoms with Gasteiger partial charge in [0.25, 0.3) is 11.9 Å². The fourth-order valence-electron chi connectivity index (χ4n) is 2.07. The molecule has 0 fully saturated rings. The highest BCUT2D eigenvalue weighted by atomic mass is 28.4. The van der Waals surface area contributed by atoms with E-state index >= 15 is 0 Å². The van der Waals surface area contributed by atoms with Crippen LogP contribution >= 0.6 is 0 Å². The maximum atomic E-state index is 11.6. The Balaban J connectivity index is 2.39. The van der Waals surface area contributed by atoms with Crippen molar-refractivity contribution in [3.05, 3.63) is 42.0 Å². The molecule has 0 aliphatic heterocycles. The third-order valence-corrected chi connectivity index (χ3v) is 5.65. The first kappa shape index (κ1) is 19.6. The molecule has 130 valence electrons. The van der Waals surface area contributed by atoms with Gasteiger partial charge in [-0.2, -0.15) is 0 Å². The van der Waals surface area contributed by atoms with Gasteiger partial charge in [0.15, 0.2) is 0 Å². The maximum absolute atomic E-state index is 11.6. The number of ether oxygens (including phenoxy) is 1. The van der Waals surface area contributed by atoms with Crippen molar-refractivity contribution in [3.63, 3.8) is 0 Å². The molecule has 7 heteroatoms. The summed E-state index contributed by atoms with van der Waals surface area (Å²) in [6.45, 7) is 4.32. The van der Waals surface area contributed by atoms with Crippen LogP contribution < -0.4 is 0 Å². The van der Waals surface area contributed by atoms with Gasteiger partial charge in [-0.15, -0.1) is 0 Å². The van der Waals surface area contributed by atoms with Crippen molar-refractivity contribution in [3.8, 4) is 0 Å². The van der Waals surface area contributed by atoms with Crippen molar-refractivity contribution >= 4 is 32.5 Å². The number of esters is 1. The Labute approximate surface area is 142 Å². The molecule has 0 saturated heterocycles. The predicted molar refractivity (Wildman–Crippen MR) is 91.0 cm³/mol. The summed E-state index contributed by atoms with van der Waals surface area (Å²) in [6.07, 6.45) is 3.46. The Hall–Kier alpha value is -2.41. The SMILES string of the molecule is CC(=O)O[Si](C)(CCCOC(=O)C=Cc1ccccc1)OC(C)=O. The van der Waals surface area contributed by atoms with E-state index in [1.54, 1.807) is 12.6 Å². The van der Waals surface area contributed by atoms with Crippen LogP contribution in [0.1, 0.15) is 25.8 Å². The van der Waals surface area contributed by atoms with Gasteiger partial charge >= 0.3 is 14.5 Å². The Morgan fingerprint density at radius 3 is 2.17 bits per heavy atom. The Kier molecular flexibility index (Phi) is 7.91. The van der Waals surface area contributed by atoms with Crippen LogP contribution in [0.4, 0.5) is 0 Å².